The molecule has 2 heterocycles. The first-order valence-electron chi connectivity index (χ1n) is 10.8. The predicted octanol–water partition coefficient (Wildman–Crippen LogP) is 5.34. The number of cyclic esters (lactones) is 1. The van der Waals surface area contributed by atoms with Gasteiger partial charge in [-0.15, -0.1) is 0 Å². The lowest BCUT2D eigenvalue weighted by Crippen LogP contribution is -2.49. The van der Waals surface area contributed by atoms with Crippen molar-refractivity contribution in [2.24, 2.45) is 0 Å². The van der Waals surface area contributed by atoms with Gasteiger partial charge >= 0.3 is 12.6 Å². The van der Waals surface area contributed by atoms with Gasteiger partial charge in [-0.2, -0.15) is 8.78 Å². The van der Waals surface area contributed by atoms with Crippen molar-refractivity contribution in [2.75, 3.05) is 6.61 Å². The summed E-state index contributed by atoms with van der Waals surface area (Å²) < 4.78 is 41.7. The lowest BCUT2D eigenvalue weighted by atomic mass is 9.96. The van der Waals surface area contributed by atoms with Gasteiger partial charge in [0, 0.05) is 0 Å². The van der Waals surface area contributed by atoms with Crippen LogP contribution in [0.15, 0.2) is 78.9 Å². The largest absolute Gasteiger partial charge is 0.462 e. The average Bonchev–Trinajstić information content (AvgIpc) is 3.22. The number of halogens is 2. The summed E-state index contributed by atoms with van der Waals surface area (Å²) in [5.74, 6) is -0.318. The van der Waals surface area contributed by atoms with Crippen LogP contribution in [0.1, 0.15) is 40.6 Å². The Morgan fingerprint density at radius 1 is 0.909 bits per heavy atom. The Morgan fingerprint density at radius 2 is 1.58 bits per heavy atom. The fourth-order valence-electron chi connectivity index (χ4n) is 4.55. The van der Waals surface area contributed by atoms with E-state index in [-0.39, 0.29) is 24.4 Å². The molecule has 5 rings (SSSR count). The first-order chi connectivity index (χ1) is 16.0. The second-order valence-corrected chi connectivity index (χ2v) is 8.22. The number of esters is 1. The number of carbonyl (C=O) groups excluding carboxylic acids is 1. The molecule has 0 N–H and O–H groups in total. The molecule has 2 saturated heterocycles. The lowest BCUT2D eigenvalue weighted by Gasteiger charge is -2.39. The predicted molar refractivity (Wildman–Crippen MR) is 117 cm³/mol. The van der Waals surface area contributed by atoms with Gasteiger partial charge < -0.3 is 14.2 Å². The van der Waals surface area contributed by atoms with Gasteiger partial charge in [-0.1, -0.05) is 72.3 Å². The van der Waals surface area contributed by atoms with E-state index in [0.717, 1.165) is 16.7 Å². The van der Waals surface area contributed by atoms with Crippen LogP contribution in [0.25, 0.3) is 0 Å². The number of benzene rings is 3. The van der Waals surface area contributed by atoms with E-state index in [4.69, 9.17) is 9.47 Å². The second kappa shape index (κ2) is 8.92. The standard InChI is InChI=1S/C26H23F2NO4/c1-16-7-9-19(10-8-16)24-29-21(17-5-3-2-4-6-17)15-31-25(30)22(29)23(33-24)18-11-13-20(14-12-18)32-26(27)28/h2-14,21-24,26H,15H2,1H3/t21-,22?,23-,24+/m1/s1. The normalized spacial score (nSPS) is 25.0. The summed E-state index contributed by atoms with van der Waals surface area (Å²) in [6, 6.07) is 23.2. The highest BCUT2D eigenvalue weighted by molar-refractivity contribution is 5.78. The number of alkyl halides is 2. The van der Waals surface area contributed by atoms with Gasteiger partial charge in [0.2, 0.25) is 0 Å². The summed E-state index contributed by atoms with van der Waals surface area (Å²) in [6.07, 6.45) is -1.11. The number of fused-ring (bicyclic) bond motifs is 1. The highest BCUT2D eigenvalue weighted by Crippen LogP contribution is 2.49. The molecule has 0 amide bonds. The van der Waals surface area contributed by atoms with Crippen molar-refractivity contribution in [1.29, 1.82) is 0 Å². The molecule has 2 fully saturated rings. The zero-order valence-electron chi connectivity index (χ0n) is 17.9. The number of hydrogen-bond acceptors (Lipinski definition) is 5. The summed E-state index contributed by atoms with van der Waals surface area (Å²) in [7, 11) is 0. The van der Waals surface area contributed by atoms with Crippen molar-refractivity contribution in [3.8, 4) is 5.75 Å². The SMILES string of the molecule is Cc1ccc([C@@H]2O[C@H](c3ccc(OC(F)F)cc3)C3C(=O)OC[C@H](c4ccccc4)N32)cc1. The van der Waals surface area contributed by atoms with E-state index in [1.165, 1.54) is 12.1 Å². The minimum absolute atomic E-state index is 0.0482. The van der Waals surface area contributed by atoms with Gasteiger partial charge in [0.15, 0.2) is 0 Å². The molecule has 5 nitrogen and oxygen atoms in total. The molecule has 170 valence electrons. The molecular formula is C26H23F2NO4. The molecule has 4 atom stereocenters. The molecule has 33 heavy (non-hydrogen) atoms. The number of hydrogen-bond donors (Lipinski definition) is 0. The molecule has 0 saturated carbocycles. The van der Waals surface area contributed by atoms with E-state index in [1.54, 1.807) is 12.1 Å². The molecule has 3 aromatic rings. The number of rotatable bonds is 5. The van der Waals surface area contributed by atoms with Gasteiger partial charge in [-0.25, -0.2) is 4.90 Å². The van der Waals surface area contributed by atoms with Crippen molar-refractivity contribution in [3.63, 3.8) is 0 Å². The number of ether oxygens (including phenoxy) is 3. The van der Waals surface area contributed by atoms with Crippen LogP contribution in [0.5, 0.6) is 5.75 Å². The minimum atomic E-state index is -2.90. The molecule has 7 heteroatoms. The summed E-state index contributed by atoms with van der Waals surface area (Å²) in [6.45, 7) is -0.669. The Bertz CT molecular complexity index is 1110. The van der Waals surface area contributed by atoms with E-state index in [0.29, 0.717) is 5.56 Å². The average molecular weight is 451 g/mol. The highest BCUT2D eigenvalue weighted by Gasteiger charge is 2.54. The number of nitrogens with zero attached hydrogens (tertiary/aromatic N) is 1. The summed E-state index contributed by atoms with van der Waals surface area (Å²) in [5.41, 5.74) is 3.77. The van der Waals surface area contributed by atoms with Crippen molar-refractivity contribution in [2.45, 2.75) is 38.0 Å². The van der Waals surface area contributed by atoms with Crippen molar-refractivity contribution in [1.82, 2.24) is 4.90 Å². The minimum Gasteiger partial charge on any atom is -0.462 e. The molecule has 2 aliphatic rings. The Kier molecular flexibility index (Phi) is 5.83. The molecular weight excluding hydrogens is 428 g/mol. The van der Waals surface area contributed by atoms with E-state index in [1.807, 2.05) is 61.5 Å². The zero-order chi connectivity index (χ0) is 22.9. The highest BCUT2D eigenvalue weighted by atomic mass is 19.3. The molecule has 0 radical (unpaired) electrons. The topological polar surface area (TPSA) is 48.0 Å². The molecule has 0 bridgehead atoms. The monoisotopic (exact) mass is 451 g/mol. The van der Waals surface area contributed by atoms with Gasteiger partial charge in [0.05, 0.1) is 6.04 Å². The molecule has 3 aromatic carbocycles. The van der Waals surface area contributed by atoms with E-state index >= 15 is 0 Å². The molecule has 2 aliphatic heterocycles. The van der Waals surface area contributed by atoms with Gasteiger partial charge in [-0.3, -0.25) is 4.79 Å². The van der Waals surface area contributed by atoms with E-state index in [9.17, 15) is 13.6 Å². The van der Waals surface area contributed by atoms with Gasteiger partial charge in [0.25, 0.3) is 0 Å². The number of morpholine rings is 1. The van der Waals surface area contributed by atoms with Crippen LogP contribution < -0.4 is 4.74 Å². The quantitative estimate of drug-likeness (QED) is 0.491. The third-order valence-electron chi connectivity index (χ3n) is 6.12. The second-order valence-electron chi connectivity index (χ2n) is 8.22. The van der Waals surface area contributed by atoms with Crippen LogP contribution in [0.2, 0.25) is 0 Å². The van der Waals surface area contributed by atoms with Crippen LogP contribution in [0, 0.1) is 6.92 Å². The van der Waals surface area contributed by atoms with E-state index in [2.05, 4.69) is 9.64 Å². The van der Waals surface area contributed by atoms with Crippen LogP contribution in [-0.2, 0) is 14.3 Å². The third kappa shape index (κ3) is 4.21. The summed E-state index contributed by atoms with van der Waals surface area (Å²) >= 11 is 0. The fraction of sp³-hybridized carbons (Fsp3) is 0.269. The third-order valence-corrected chi connectivity index (χ3v) is 6.12. The van der Waals surface area contributed by atoms with Crippen LogP contribution in [0.4, 0.5) is 8.78 Å². The molecule has 1 unspecified atom stereocenters. The first kappa shape index (κ1) is 21.6. The zero-order valence-corrected chi connectivity index (χ0v) is 17.9. The maximum atomic E-state index is 13.0. The van der Waals surface area contributed by atoms with Crippen LogP contribution in [0.3, 0.4) is 0 Å². The van der Waals surface area contributed by atoms with Crippen LogP contribution in [-0.4, -0.2) is 30.1 Å². The maximum absolute atomic E-state index is 13.0. The lowest BCUT2D eigenvalue weighted by molar-refractivity contribution is -0.163. The van der Waals surface area contributed by atoms with Crippen molar-refractivity contribution in [3.05, 3.63) is 101 Å². The Morgan fingerprint density at radius 3 is 2.24 bits per heavy atom. The summed E-state index contributed by atoms with van der Waals surface area (Å²) in [5, 5.41) is 0. The van der Waals surface area contributed by atoms with Crippen molar-refractivity contribution < 1.29 is 27.8 Å². The molecule has 0 aliphatic carbocycles. The van der Waals surface area contributed by atoms with Gasteiger partial charge in [0.1, 0.15) is 30.7 Å². The van der Waals surface area contributed by atoms with E-state index < -0.39 is 25.0 Å². The number of aryl methyl sites for hydroxylation is 1. The Hall–Kier alpha value is -3.29. The first-order valence-corrected chi connectivity index (χ1v) is 10.8. The van der Waals surface area contributed by atoms with Crippen molar-refractivity contribution >= 4 is 5.97 Å². The maximum Gasteiger partial charge on any atom is 0.387 e. The fourth-order valence-corrected chi connectivity index (χ4v) is 4.55. The Labute approximate surface area is 190 Å². The Balaban J connectivity index is 1.55. The van der Waals surface area contributed by atoms with Gasteiger partial charge in [-0.05, 0) is 35.7 Å². The smallest absolute Gasteiger partial charge is 0.387 e. The molecule has 0 aromatic heterocycles. The summed E-state index contributed by atoms with van der Waals surface area (Å²) in [4.78, 5) is 15.1. The van der Waals surface area contributed by atoms with Crippen LogP contribution >= 0.6 is 0 Å². The molecule has 0 spiro atoms. The number of carbonyl (C=O) groups is 1.